The third kappa shape index (κ3) is 7.40. The predicted octanol–water partition coefficient (Wildman–Crippen LogP) is -0.993. The van der Waals surface area contributed by atoms with Gasteiger partial charge in [-0.15, -0.1) is 0 Å². The van der Waals surface area contributed by atoms with Crippen molar-refractivity contribution < 1.29 is 24.9 Å². The maximum Gasteiger partial charge on any atom is 0.249 e. The summed E-state index contributed by atoms with van der Waals surface area (Å²) in [6.45, 7) is 6.74. The van der Waals surface area contributed by atoms with Crippen molar-refractivity contribution in [3.05, 3.63) is 0 Å². The summed E-state index contributed by atoms with van der Waals surface area (Å²) in [5, 5.41) is 33.0. The van der Waals surface area contributed by atoms with E-state index >= 15 is 0 Å². The topological polar surface area (TPSA) is 119 Å². The lowest BCUT2D eigenvalue weighted by Gasteiger charge is -2.27. The van der Waals surface area contributed by atoms with Crippen LogP contribution in [0.15, 0.2) is 0 Å². The molecular formula is C14H28N2O5. The zero-order chi connectivity index (χ0) is 16.7. The maximum absolute atomic E-state index is 11.7. The van der Waals surface area contributed by atoms with Gasteiger partial charge >= 0.3 is 0 Å². The molecule has 0 saturated carbocycles. The Morgan fingerprint density at radius 2 is 1.52 bits per heavy atom. The molecule has 0 radical (unpaired) electrons. The van der Waals surface area contributed by atoms with E-state index in [4.69, 9.17) is 10.2 Å². The second-order valence-corrected chi connectivity index (χ2v) is 6.69. The molecule has 7 nitrogen and oxygen atoms in total. The number of amides is 2. The van der Waals surface area contributed by atoms with Crippen molar-refractivity contribution in [3.8, 4) is 0 Å². The Morgan fingerprint density at radius 1 is 1.00 bits per heavy atom. The van der Waals surface area contributed by atoms with Crippen molar-refractivity contribution in [2.45, 2.75) is 40.2 Å². The minimum absolute atomic E-state index is 0.0837. The molecular weight excluding hydrogens is 276 g/mol. The van der Waals surface area contributed by atoms with E-state index in [2.05, 4.69) is 10.6 Å². The lowest BCUT2D eigenvalue weighted by atomic mass is 9.87. The summed E-state index contributed by atoms with van der Waals surface area (Å²) in [5.74, 6) is -0.793. The lowest BCUT2D eigenvalue weighted by molar-refractivity contribution is -0.137. The number of nitrogens with one attached hydrogen (secondary N) is 2. The van der Waals surface area contributed by atoms with Crippen LogP contribution in [-0.2, 0) is 9.59 Å². The molecule has 21 heavy (non-hydrogen) atoms. The van der Waals surface area contributed by atoms with Crippen molar-refractivity contribution in [2.75, 3.05) is 26.3 Å². The van der Waals surface area contributed by atoms with E-state index in [1.165, 1.54) is 0 Å². The van der Waals surface area contributed by atoms with Crippen LogP contribution >= 0.6 is 0 Å². The highest BCUT2D eigenvalue weighted by Crippen LogP contribution is 2.19. The van der Waals surface area contributed by atoms with Crippen LogP contribution in [-0.4, -0.2) is 59.5 Å². The Balaban J connectivity index is 4.01. The van der Waals surface area contributed by atoms with Crippen molar-refractivity contribution in [3.63, 3.8) is 0 Å². The van der Waals surface area contributed by atoms with Gasteiger partial charge in [0.05, 0.1) is 6.61 Å². The molecule has 1 unspecified atom stereocenters. The summed E-state index contributed by atoms with van der Waals surface area (Å²) in [5.41, 5.74) is -1.40. The summed E-state index contributed by atoms with van der Waals surface area (Å²) in [7, 11) is 0. The highest BCUT2D eigenvalue weighted by molar-refractivity contribution is 5.81. The van der Waals surface area contributed by atoms with Gasteiger partial charge in [0.2, 0.25) is 11.8 Å². The number of aliphatic hydroxyl groups excluding tert-OH is 3. The minimum atomic E-state index is -1.31. The van der Waals surface area contributed by atoms with Gasteiger partial charge in [0, 0.05) is 31.5 Å². The van der Waals surface area contributed by atoms with Crippen LogP contribution in [0.3, 0.4) is 0 Å². The summed E-state index contributed by atoms with van der Waals surface area (Å²) < 4.78 is 0. The molecule has 0 saturated heterocycles. The smallest absolute Gasteiger partial charge is 0.249 e. The van der Waals surface area contributed by atoms with E-state index in [9.17, 15) is 14.7 Å². The highest BCUT2D eigenvalue weighted by atomic mass is 16.3. The second kappa shape index (κ2) is 8.31. The van der Waals surface area contributed by atoms with Gasteiger partial charge in [0.25, 0.3) is 0 Å². The van der Waals surface area contributed by atoms with E-state index in [-0.39, 0.29) is 38.6 Å². The molecule has 1 atom stereocenters. The van der Waals surface area contributed by atoms with Crippen LogP contribution in [0.25, 0.3) is 0 Å². The van der Waals surface area contributed by atoms with Crippen LogP contribution in [0, 0.1) is 10.8 Å². The SMILES string of the molecule is CC(C)(CO)CC(=O)NCCNC(=O)C(O)C(C)(C)CO. The zero-order valence-corrected chi connectivity index (χ0v) is 13.3. The molecule has 0 aliphatic rings. The number of carbonyl (C=O) groups excluding carboxylic acids is 2. The van der Waals surface area contributed by atoms with Crippen LogP contribution < -0.4 is 10.6 Å². The molecule has 0 aromatic carbocycles. The molecule has 5 N–H and O–H groups in total. The van der Waals surface area contributed by atoms with Gasteiger partial charge in [-0.25, -0.2) is 0 Å². The fraction of sp³-hybridized carbons (Fsp3) is 0.857. The Morgan fingerprint density at radius 3 is 2.00 bits per heavy atom. The van der Waals surface area contributed by atoms with Gasteiger partial charge in [-0.3, -0.25) is 9.59 Å². The molecule has 0 aromatic heterocycles. The normalized spacial score (nSPS) is 13.7. The van der Waals surface area contributed by atoms with E-state index < -0.39 is 22.8 Å². The molecule has 0 aliphatic carbocycles. The van der Waals surface area contributed by atoms with E-state index in [1.807, 2.05) is 0 Å². The fourth-order valence-corrected chi connectivity index (χ4v) is 1.48. The average molecular weight is 304 g/mol. The van der Waals surface area contributed by atoms with Gasteiger partial charge in [0.1, 0.15) is 6.10 Å². The van der Waals surface area contributed by atoms with Crippen molar-refractivity contribution in [1.82, 2.24) is 10.6 Å². The first-order valence-electron chi connectivity index (χ1n) is 7.00. The summed E-state index contributed by atoms with van der Waals surface area (Å²) in [6, 6.07) is 0. The van der Waals surface area contributed by atoms with Gasteiger partial charge < -0.3 is 26.0 Å². The Labute approximate surface area is 125 Å². The number of aliphatic hydroxyl groups is 3. The summed E-state index contributed by atoms with van der Waals surface area (Å²) in [4.78, 5) is 23.2. The van der Waals surface area contributed by atoms with Crippen LogP contribution in [0.2, 0.25) is 0 Å². The van der Waals surface area contributed by atoms with Gasteiger partial charge in [-0.05, 0) is 5.41 Å². The summed E-state index contributed by atoms with van der Waals surface area (Å²) >= 11 is 0. The summed E-state index contributed by atoms with van der Waals surface area (Å²) in [6.07, 6.45) is -1.12. The third-order valence-electron chi connectivity index (χ3n) is 3.21. The Kier molecular flexibility index (Phi) is 7.84. The molecule has 0 bridgehead atoms. The predicted molar refractivity (Wildman–Crippen MR) is 78.4 cm³/mol. The van der Waals surface area contributed by atoms with Gasteiger partial charge in [0.15, 0.2) is 0 Å². The molecule has 2 amide bonds. The van der Waals surface area contributed by atoms with Crippen molar-refractivity contribution in [1.29, 1.82) is 0 Å². The fourth-order valence-electron chi connectivity index (χ4n) is 1.48. The average Bonchev–Trinajstić information content (AvgIpc) is 2.41. The van der Waals surface area contributed by atoms with Crippen LogP contribution in [0.4, 0.5) is 0 Å². The minimum Gasteiger partial charge on any atom is -0.396 e. The maximum atomic E-state index is 11.7. The standard InChI is InChI=1S/C14H28N2O5/c1-13(2,8-17)7-10(19)15-5-6-16-12(21)11(20)14(3,4)9-18/h11,17-18,20H,5-9H2,1-4H3,(H,15,19)(H,16,21). The molecule has 0 fully saturated rings. The zero-order valence-electron chi connectivity index (χ0n) is 13.3. The Bertz CT molecular complexity index is 355. The van der Waals surface area contributed by atoms with E-state index in [0.717, 1.165) is 0 Å². The third-order valence-corrected chi connectivity index (χ3v) is 3.21. The number of rotatable bonds is 9. The first-order chi connectivity index (χ1) is 9.55. The number of hydrogen-bond acceptors (Lipinski definition) is 5. The second-order valence-electron chi connectivity index (χ2n) is 6.69. The van der Waals surface area contributed by atoms with Crippen molar-refractivity contribution >= 4 is 11.8 Å². The van der Waals surface area contributed by atoms with E-state index in [0.29, 0.717) is 0 Å². The van der Waals surface area contributed by atoms with Crippen LogP contribution in [0.5, 0.6) is 0 Å². The van der Waals surface area contributed by atoms with Crippen LogP contribution in [0.1, 0.15) is 34.1 Å². The highest BCUT2D eigenvalue weighted by Gasteiger charge is 2.32. The quantitative estimate of drug-likeness (QED) is 0.350. The Hall–Kier alpha value is -1.18. The molecule has 0 aliphatic heterocycles. The molecule has 124 valence electrons. The monoisotopic (exact) mass is 304 g/mol. The molecule has 0 aromatic rings. The molecule has 0 heterocycles. The molecule has 0 spiro atoms. The van der Waals surface area contributed by atoms with Gasteiger partial charge in [-0.1, -0.05) is 27.7 Å². The first kappa shape index (κ1) is 19.8. The van der Waals surface area contributed by atoms with Gasteiger partial charge in [-0.2, -0.15) is 0 Å². The van der Waals surface area contributed by atoms with Crippen molar-refractivity contribution in [2.24, 2.45) is 10.8 Å². The first-order valence-corrected chi connectivity index (χ1v) is 7.00. The number of carbonyl (C=O) groups is 2. The van der Waals surface area contributed by atoms with E-state index in [1.54, 1.807) is 27.7 Å². The molecule has 7 heteroatoms. The largest absolute Gasteiger partial charge is 0.396 e. The number of hydrogen-bond donors (Lipinski definition) is 5. The lowest BCUT2D eigenvalue weighted by Crippen LogP contribution is -2.47. The molecule has 0 rings (SSSR count).